The fourth-order valence-electron chi connectivity index (χ4n) is 4.62. The number of fused-ring (bicyclic) bond motifs is 3. The molecule has 0 amide bonds. The molecule has 3 heteroatoms. The van der Waals surface area contributed by atoms with Crippen LogP contribution >= 0.6 is 0 Å². The van der Waals surface area contributed by atoms with Crippen molar-refractivity contribution in [1.29, 1.82) is 0 Å². The smallest absolute Gasteiger partial charge is 0.309 e. The lowest BCUT2D eigenvalue weighted by atomic mass is 9.53. The van der Waals surface area contributed by atoms with E-state index < -0.39 is 0 Å². The predicted octanol–water partition coefficient (Wildman–Crippen LogP) is 2.58. The molecule has 1 saturated heterocycles. The van der Waals surface area contributed by atoms with Gasteiger partial charge in [0.15, 0.2) is 0 Å². The number of carbonyl (C=O) groups is 2. The zero-order chi connectivity index (χ0) is 13.1. The molecular weight excluding hydrogens is 228 g/mol. The van der Waals surface area contributed by atoms with Gasteiger partial charge in [0.1, 0.15) is 11.9 Å². The lowest BCUT2D eigenvalue weighted by Gasteiger charge is -2.51. The van der Waals surface area contributed by atoms with Crippen LogP contribution in [0.2, 0.25) is 0 Å². The van der Waals surface area contributed by atoms with Crippen molar-refractivity contribution in [3.8, 4) is 0 Å². The molecule has 1 aliphatic heterocycles. The fourth-order valence-corrected chi connectivity index (χ4v) is 4.62. The third-order valence-corrected chi connectivity index (χ3v) is 5.88. The minimum atomic E-state index is -0.0560. The van der Waals surface area contributed by atoms with Gasteiger partial charge in [-0.15, -0.1) is 0 Å². The van der Waals surface area contributed by atoms with Crippen LogP contribution in [0.3, 0.4) is 0 Å². The Hall–Kier alpha value is -0.860. The maximum absolute atomic E-state index is 12.0. The topological polar surface area (TPSA) is 43.4 Å². The second-order valence-electron chi connectivity index (χ2n) is 6.83. The number of ether oxygens (including phenoxy) is 1. The van der Waals surface area contributed by atoms with Crippen molar-refractivity contribution >= 4 is 11.8 Å². The van der Waals surface area contributed by atoms with Gasteiger partial charge in [-0.3, -0.25) is 9.59 Å². The van der Waals surface area contributed by atoms with Gasteiger partial charge in [0, 0.05) is 24.2 Å². The summed E-state index contributed by atoms with van der Waals surface area (Å²) in [6.45, 7) is 6.29. The van der Waals surface area contributed by atoms with E-state index in [0.29, 0.717) is 18.1 Å². The lowest BCUT2D eigenvalue weighted by molar-refractivity contribution is -0.158. The van der Waals surface area contributed by atoms with Crippen LogP contribution in [-0.4, -0.2) is 17.9 Å². The first-order valence-corrected chi connectivity index (χ1v) is 7.17. The molecule has 3 fully saturated rings. The molecule has 3 aliphatic rings. The number of rotatable bonds is 0. The summed E-state index contributed by atoms with van der Waals surface area (Å²) >= 11 is 0. The van der Waals surface area contributed by atoms with E-state index in [2.05, 4.69) is 6.92 Å². The summed E-state index contributed by atoms with van der Waals surface area (Å²) in [5.41, 5.74) is 0.193. The third kappa shape index (κ3) is 1.49. The normalized spacial score (nSPS) is 51.6. The molecule has 18 heavy (non-hydrogen) atoms. The summed E-state index contributed by atoms with van der Waals surface area (Å²) < 4.78 is 5.64. The van der Waals surface area contributed by atoms with Crippen LogP contribution in [0, 0.1) is 29.1 Å². The van der Waals surface area contributed by atoms with Crippen LogP contribution < -0.4 is 0 Å². The molecule has 0 spiro atoms. The highest BCUT2D eigenvalue weighted by Gasteiger charge is 2.58. The number of Topliss-reactive ketones (excluding diaryl/α,β-unsaturated/α-hetero) is 1. The Bertz CT molecular complexity index is 403. The van der Waals surface area contributed by atoms with E-state index >= 15 is 0 Å². The Balaban J connectivity index is 1.96. The Labute approximate surface area is 108 Å². The Morgan fingerprint density at radius 2 is 1.89 bits per heavy atom. The molecule has 0 aromatic heterocycles. The molecule has 2 unspecified atom stereocenters. The molecule has 1 heterocycles. The van der Waals surface area contributed by atoms with Crippen molar-refractivity contribution in [3.63, 3.8) is 0 Å². The second-order valence-corrected chi connectivity index (χ2v) is 6.83. The SMILES string of the molecule is CC1C(=O)CC[C@]2(C)CC[C@H]3[C@H](C)C(=O)O[C@@H]3C12. The molecule has 2 saturated carbocycles. The number of ketones is 1. The van der Waals surface area contributed by atoms with Crippen molar-refractivity contribution in [2.24, 2.45) is 29.1 Å². The van der Waals surface area contributed by atoms with Gasteiger partial charge in [-0.1, -0.05) is 20.8 Å². The van der Waals surface area contributed by atoms with E-state index in [4.69, 9.17) is 4.74 Å². The second kappa shape index (κ2) is 3.82. The monoisotopic (exact) mass is 250 g/mol. The first kappa shape index (κ1) is 12.2. The summed E-state index contributed by atoms with van der Waals surface area (Å²) in [7, 11) is 0. The van der Waals surface area contributed by atoms with Gasteiger partial charge in [-0.2, -0.15) is 0 Å². The van der Waals surface area contributed by atoms with Gasteiger partial charge in [0.2, 0.25) is 0 Å². The summed E-state index contributed by atoms with van der Waals surface area (Å²) in [6.07, 6.45) is 3.87. The summed E-state index contributed by atoms with van der Waals surface area (Å²) in [5.74, 6) is 0.946. The first-order chi connectivity index (χ1) is 8.44. The van der Waals surface area contributed by atoms with Gasteiger partial charge in [0.05, 0.1) is 5.92 Å². The molecule has 6 atom stereocenters. The lowest BCUT2D eigenvalue weighted by Crippen LogP contribution is -2.52. The zero-order valence-corrected chi connectivity index (χ0v) is 11.4. The standard InChI is InChI=1S/C15H22O3/c1-8-10-4-6-15(3)7-5-11(16)9(2)12(15)13(10)18-14(8)17/h8-10,12-13H,4-7H2,1-3H3/t8-,9?,10-,12?,13-,15-/m0/s1. The predicted molar refractivity (Wildman–Crippen MR) is 66.8 cm³/mol. The highest BCUT2D eigenvalue weighted by molar-refractivity contribution is 5.82. The average Bonchev–Trinajstić information content (AvgIpc) is 2.60. The van der Waals surface area contributed by atoms with Crippen molar-refractivity contribution in [2.75, 3.05) is 0 Å². The van der Waals surface area contributed by atoms with Crippen molar-refractivity contribution < 1.29 is 14.3 Å². The Morgan fingerprint density at radius 3 is 2.61 bits per heavy atom. The van der Waals surface area contributed by atoms with Crippen LogP contribution in [0.5, 0.6) is 0 Å². The van der Waals surface area contributed by atoms with Gasteiger partial charge in [-0.05, 0) is 24.7 Å². The van der Waals surface area contributed by atoms with E-state index in [1.807, 2.05) is 13.8 Å². The van der Waals surface area contributed by atoms with Crippen molar-refractivity contribution in [2.45, 2.75) is 52.6 Å². The number of esters is 1. The quantitative estimate of drug-likeness (QED) is 0.621. The van der Waals surface area contributed by atoms with Crippen LogP contribution in [0.1, 0.15) is 46.5 Å². The van der Waals surface area contributed by atoms with Gasteiger partial charge >= 0.3 is 5.97 Å². The average molecular weight is 250 g/mol. The maximum Gasteiger partial charge on any atom is 0.309 e. The minimum absolute atomic E-state index is 0.00880. The van der Waals surface area contributed by atoms with Crippen LogP contribution in [0.25, 0.3) is 0 Å². The Morgan fingerprint density at radius 1 is 1.17 bits per heavy atom. The molecule has 3 nitrogen and oxygen atoms in total. The van der Waals surface area contributed by atoms with Gasteiger partial charge < -0.3 is 4.74 Å². The molecule has 3 rings (SSSR count). The molecule has 0 N–H and O–H groups in total. The van der Waals surface area contributed by atoms with Crippen LogP contribution in [0.15, 0.2) is 0 Å². The molecule has 0 aromatic rings. The van der Waals surface area contributed by atoms with Gasteiger partial charge in [-0.25, -0.2) is 0 Å². The number of carbonyl (C=O) groups excluding carboxylic acids is 2. The molecule has 2 aliphatic carbocycles. The first-order valence-electron chi connectivity index (χ1n) is 7.17. The highest BCUT2D eigenvalue weighted by atomic mass is 16.6. The van der Waals surface area contributed by atoms with Crippen molar-refractivity contribution in [1.82, 2.24) is 0 Å². The van der Waals surface area contributed by atoms with E-state index in [0.717, 1.165) is 19.3 Å². The summed E-state index contributed by atoms with van der Waals surface area (Å²) in [4.78, 5) is 23.8. The number of hydrogen-bond acceptors (Lipinski definition) is 3. The fraction of sp³-hybridized carbons (Fsp3) is 0.867. The molecule has 0 aromatic carbocycles. The molecule has 0 radical (unpaired) electrons. The largest absolute Gasteiger partial charge is 0.461 e. The van der Waals surface area contributed by atoms with Crippen LogP contribution in [-0.2, 0) is 14.3 Å². The molecule has 100 valence electrons. The van der Waals surface area contributed by atoms with E-state index in [1.165, 1.54) is 0 Å². The van der Waals surface area contributed by atoms with E-state index in [1.54, 1.807) is 0 Å². The van der Waals surface area contributed by atoms with E-state index in [-0.39, 0.29) is 35.2 Å². The third-order valence-electron chi connectivity index (χ3n) is 5.88. The molecular formula is C15H22O3. The maximum atomic E-state index is 12.0. The van der Waals surface area contributed by atoms with E-state index in [9.17, 15) is 9.59 Å². The number of hydrogen-bond donors (Lipinski definition) is 0. The van der Waals surface area contributed by atoms with Gasteiger partial charge in [0.25, 0.3) is 0 Å². The minimum Gasteiger partial charge on any atom is -0.461 e. The molecule has 0 bridgehead atoms. The summed E-state index contributed by atoms with van der Waals surface area (Å²) in [5, 5.41) is 0. The summed E-state index contributed by atoms with van der Waals surface area (Å²) in [6, 6.07) is 0. The highest BCUT2D eigenvalue weighted by Crippen LogP contribution is 2.56. The van der Waals surface area contributed by atoms with Crippen LogP contribution in [0.4, 0.5) is 0 Å². The van der Waals surface area contributed by atoms with Crippen molar-refractivity contribution in [3.05, 3.63) is 0 Å². The zero-order valence-electron chi connectivity index (χ0n) is 11.4. The Kier molecular flexibility index (Phi) is 2.58.